The molecule has 0 radical (unpaired) electrons. The van der Waals surface area contributed by atoms with E-state index in [0.29, 0.717) is 24.4 Å². The topological polar surface area (TPSA) is 56.6 Å². The Balaban J connectivity index is 1.34. The van der Waals surface area contributed by atoms with Crippen molar-refractivity contribution in [3.05, 3.63) is 71.8 Å². The van der Waals surface area contributed by atoms with E-state index < -0.39 is 11.7 Å². The lowest BCUT2D eigenvalue weighted by Gasteiger charge is -2.39. The van der Waals surface area contributed by atoms with Crippen LogP contribution in [0, 0.1) is 12.8 Å². The molecule has 1 amide bonds. The van der Waals surface area contributed by atoms with Crippen LogP contribution in [0.25, 0.3) is 5.69 Å². The minimum absolute atomic E-state index is 0.0589. The number of aromatic nitrogens is 2. The summed E-state index contributed by atoms with van der Waals surface area (Å²) in [4.78, 5) is 18.7. The van der Waals surface area contributed by atoms with E-state index in [2.05, 4.69) is 4.98 Å². The van der Waals surface area contributed by atoms with E-state index in [1.807, 2.05) is 17.7 Å². The number of ether oxygens (including phenoxy) is 2. The second kappa shape index (κ2) is 8.57. The number of aryl methyl sites for hydroxylation is 1. The van der Waals surface area contributed by atoms with Gasteiger partial charge in [0.25, 0.3) is 5.91 Å². The zero-order valence-corrected chi connectivity index (χ0v) is 17.6. The van der Waals surface area contributed by atoms with Crippen LogP contribution < -0.4 is 9.47 Å². The molecule has 3 aromatic rings. The summed E-state index contributed by atoms with van der Waals surface area (Å²) in [6.45, 7) is 3.08. The minimum Gasteiger partial charge on any atom is -0.495 e. The Morgan fingerprint density at radius 2 is 1.97 bits per heavy atom. The molecule has 0 atom stereocenters. The van der Waals surface area contributed by atoms with Crippen molar-refractivity contribution in [1.82, 2.24) is 14.5 Å². The van der Waals surface area contributed by atoms with E-state index in [1.165, 1.54) is 12.1 Å². The van der Waals surface area contributed by atoms with Gasteiger partial charge in [-0.2, -0.15) is 13.2 Å². The van der Waals surface area contributed by atoms with Gasteiger partial charge in [-0.3, -0.25) is 4.79 Å². The Hall–Kier alpha value is -3.49. The molecule has 1 saturated heterocycles. The third kappa shape index (κ3) is 4.56. The molecule has 168 valence electrons. The van der Waals surface area contributed by atoms with Crippen LogP contribution >= 0.6 is 0 Å². The Kier molecular flexibility index (Phi) is 5.82. The number of carbonyl (C=O) groups excluding carboxylic acids is 1. The molecule has 2 heterocycles. The van der Waals surface area contributed by atoms with Crippen LogP contribution in [0.1, 0.15) is 21.6 Å². The number of halogens is 3. The fourth-order valence-electron chi connectivity index (χ4n) is 3.58. The maximum absolute atomic E-state index is 12.8. The quantitative estimate of drug-likeness (QED) is 0.566. The molecule has 0 aliphatic carbocycles. The highest BCUT2D eigenvalue weighted by atomic mass is 19.4. The van der Waals surface area contributed by atoms with Crippen LogP contribution in [0.15, 0.2) is 55.0 Å². The van der Waals surface area contributed by atoms with Crippen molar-refractivity contribution in [1.29, 1.82) is 0 Å². The smallest absolute Gasteiger partial charge is 0.416 e. The van der Waals surface area contributed by atoms with Crippen LogP contribution in [0.4, 0.5) is 13.2 Å². The van der Waals surface area contributed by atoms with Crippen molar-refractivity contribution in [2.45, 2.75) is 13.1 Å². The maximum Gasteiger partial charge on any atom is 0.416 e. The third-order valence-electron chi connectivity index (χ3n) is 5.31. The Morgan fingerprint density at radius 1 is 1.19 bits per heavy atom. The highest BCUT2D eigenvalue weighted by molar-refractivity contribution is 5.95. The van der Waals surface area contributed by atoms with Crippen molar-refractivity contribution in [2.24, 2.45) is 5.92 Å². The van der Waals surface area contributed by atoms with E-state index in [0.717, 1.165) is 23.5 Å². The number of hydrogen-bond donors (Lipinski definition) is 0. The van der Waals surface area contributed by atoms with Gasteiger partial charge in [-0.15, -0.1) is 0 Å². The van der Waals surface area contributed by atoms with Crippen LogP contribution in [-0.2, 0) is 6.18 Å². The number of alkyl halides is 3. The van der Waals surface area contributed by atoms with Gasteiger partial charge < -0.3 is 18.9 Å². The van der Waals surface area contributed by atoms with Gasteiger partial charge in [-0.25, -0.2) is 4.98 Å². The zero-order chi connectivity index (χ0) is 22.9. The first kappa shape index (κ1) is 21.7. The van der Waals surface area contributed by atoms with Crippen LogP contribution in [-0.4, -0.2) is 47.2 Å². The first-order valence-corrected chi connectivity index (χ1v) is 10.0. The summed E-state index contributed by atoms with van der Waals surface area (Å²) in [5, 5.41) is 0. The van der Waals surface area contributed by atoms with Gasteiger partial charge in [0.05, 0.1) is 37.0 Å². The molecular weight excluding hydrogens is 423 g/mol. The molecule has 6 nitrogen and oxygen atoms in total. The van der Waals surface area contributed by atoms with Gasteiger partial charge in [-0.1, -0.05) is 6.07 Å². The number of hydrogen-bond acceptors (Lipinski definition) is 4. The Bertz CT molecular complexity index is 1120. The molecule has 1 aromatic heterocycles. The van der Waals surface area contributed by atoms with E-state index in [-0.39, 0.29) is 24.2 Å². The molecule has 4 rings (SSSR count). The summed E-state index contributed by atoms with van der Waals surface area (Å²) < 4.78 is 51.2. The van der Waals surface area contributed by atoms with Gasteiger partial charge in [-0.05, 0) is 43.3 Å². The number of benzene rings is 2. The molecule has 1 aliphatic rings. The molecule has 0 bridgehead atoms. The van der Waals surface area contributed by atoms with Crippen LogP contribution in [0.5, 0.6) is 11.5 Å². The molecular formula is C23H22F3N3O3. The van der Waals surface area contributed by atoms with Gasteiger partial charge in [0.15, 0.2) is 0 Å². The summed E-state index contributed by atoms with van der Waals surface area (Å²) >= 11 is 0. The normalized spacial score (nSPS) is 14.2. The van der Waals surface area contributed by atoms with Crippen molar-refractivity contribution in [2.75, 3.05) is 26.8 Å². The average Bonchev–Trinajstić information content (AvgIpc) is 3.17. The number of rotatable bonds is 6. The third-order valence-corrected chi connectivity index (χ3v) is 5.31. The largest absolute Gasteiger partial charge is 0.495 e. The average molecular weight is 445 g/mol. The van der Waals surface area contributed by atoms with Crippen LogP contribution in [0.2, 0.25) is 0 Å². The van der Waals surface area contributed by atoms with Gasteiger partial charge >= 0.3 is 6.18 Å². The lowest BCUT2D eigenvalue weighted by Crippen LogP contribution is -2.52. The molecule has 0 N–H and O–H groups in total. The van der Waals surface area contributed by atoms with E-state index in [9.17, 15) is 18.0 Å². The molecule has 9 heteroatoms. The molecule has 0 unspecified atom stereocenters. The molecule has 2 aromatic carbocycles. The number of methoxy groups -OCH3 is 1. The molecule has 0 saturated carbocycles. The second-order valence-corrected chi connectivity index (χ2v) is 7.72. The summed E-state index contributed by atoms with van der Waals surface area (Å²) in [7, 11) is 1.54. The number of carbonyl (C=O) groups is 1. The fourth-order valence-corrected chi connectivity index (χ4v) is 3.58. The van der Waals surface area contributed by atoms with Crippen LogP contribution in [0.3, 0.4) is 0 Å². The summed E-state index contributed by atoms with van der Waals surface area (Å²) in [5.74, 6) is 0.647. The first-order chi connectivity index (χ1) is 15.2. The molecule has 1 fully saturated rings. The lowest BCUT2D eigenvalue weighted by atomic mass is 9.99. The number of likely N-dealkylation sites (tertiary alicyclic amines) is 1. The molecule has 32 heavy (non-hydrogen) atoms. The van der Waals surface area contributed by atoms with Gasteiger partial charge in [0.2, 0.25) is 0 Å². The van der Waals surface area contributed by atoms with Crippen molar-refractivity contribution < 1.29 is 27.4 Å². The van der Waals surface area contributed by atoms with E-state index in [1.54, 1.807) is 36.5 Å². The molecule has 0 spiro atoms. The standard InChI is InChI=1S/C23H22F3N3O3/c1-15-10-29(14-27-15)20-7-6-17(8-21(20)31-2)22(30)28-11-16(12-28)13-32-19-5-3-4-18(9-19)23(24,25)26/h3-10,14,16H,11-13H2,1-2H3. The van der Waals surface area contributed by atoms with Gasteiger partial charge in [0, 0.05) is 30.8 Å². The number of amides is 1. The molecule has 1 aliphatic heterocycles. The Morgan fingerprint density at radius 3 is 2.62 bits per heavy atom. The highest BCUT2D eigenvalue weighted by Crippen LogP contribution is 2.32. The summed E-state index contributed by atoms with van der Waals surface area (Å²) in [6, 6.07) is 10.0. The SMILES string of the molecule is COc1cc(C(=O)N2CC(COc3cccc(C(F)(F)F)c3)C2)ccc1-n1cnc(C)c1. The minimum atomic E-state index is -4.41. The predicted molar refractivity (Wildman–Crippen MR) is 111 cm³/mol. The van der Waals surface area contributed by atoms with E-state index >= 15 is 0 Å². The summed E-state index contributed by atoms with van der Waals surface area (Å²) in [5.41, 5.74) is 1.40. The number of imidazole rings is 1. The van der Waals surface area contributed by atoms with Crippen molar-refractivity contribution >= 4 is 5.91 Å². The summed E-state index contributed by atoms with van der Waals surface area (Å²) in [6.07, 6.45) is -0.866. The number of nitrogens with zero attached hydrogens (tertiary/aromatic N) is 3. The fraction of sp³-hybridized carbons (Fsp3) is 0.304. The van der Waals surface area contributed by atoms with Crippen molar-refractivity contribution in [3.8, 4) is 17.2 Å². The zero-order valence-electron chi connectivity index (χ0n) is 17.6. The maximum atomic E-state index is 12.8. The van der Waals surface area contributed by atoms with Crippen molar-refractivity contribution in [3.63, 3.8) is 0 Å². The van der Waals surface area contributed by atoms with Gasteiger partial charge in [0.1, 0.15) is 11.5 Å². The van der Waals surface area contributed by atoms with E-state index in [4.69, 9.17) is 9.47 Å². The monoisotopic (exact) mass is 445 g/mol. The second-order valence-electron chi connectivity index (χ2n) is 7.72. The predicted octanol–water partition coefficient (Wildman–Crippen LogP) is 4.36. The first-order valence-electron chi connectivity index (χ1n) is 10.0. The highest BCUT2D eigenvalue weighted by Gasteiger charge is 2.33. The Labute approximate surface area is 183 Å². The lowest BCUT2D eigenvalue weighted by molar-refractivity contribution is -0.137.